The number of hydrogen-bond acceptors (Lipinski definition) is 6. The number of benzene rings is 3. The first kappa shape index (κ1) is 24.0. The minimum Gasteiger partial charge on any atom is -0.484 e. The summed E-state index contributed by atoms with van der Waals surface area (Å²) < 4.78 is 38.0. The lowest BCUT2D eigenvalue weighted by Gasteiger charge is -2.15. The second-order valence-corrected chi connectivity index (χ2v) is 8.84. The molecule has 0 fully saturated rings. The van der Waals surface area contributed by atoms with Crippen LogP contribution in [-0.4, -0.2) is 34.0 Å². The number of nitrogens with one attached hydrogen (secondary N) is 2. The van der Waals surface area contributed by atoms with Gasteiger partial charge in [0.15, 0.2) is 6.61 Å². The van der Waals surface area contributed by atoms with Crippen molar-refractivity contribution in [1.82, 2.24) is 4.72 Å². The van der Waals surface area contributed by atoms with Crippen LogP contribution in [0.25, 0.3) is 0 Å². The highest BCUT2D eigenvalue weighted by Gasteiger charge is 2.18. The van der Waals surface area contributed by atoms with Gasteiger partial charge in [-0.05, 0) is 61.0 Å². The van der Waals surface area contributed by atoms with Gasteiger partial charge >= 0.3 is 5.97 Å². The van der Waals surface area contributed by atoms with Gasteiger partial charge < -0.3 is 14.8 Å². The van der Waals surface area contributed by atoms with Crippen LogP contribution in [-0.2, 0) is 19.6 Å². The molecule has 0 radical (unpaired) electrons. The van der Waals surface area contributed by atoms with Gasteiger partial charge in [-0.2, -0.15) is 0 Å². The van der Waals surface area contributed by atoms with Crippen LogP contribution in [0.1, 0.15) is 28.9 Å². The summed E-state index contributed by atoms with van der Waals surface area (Å²) in [5, 5.41) is 2.65. The van der Waals surface area contributed by atoms with E-state index in [0.29, 0.717) is 17.0 Å². The van der Waals surface area contributed by atoms with E-state index in [1.807, 2.05) is 30.3 Å². The molecule has 3 aromatic carbocycles. The van der Waals surface area contributed by atoms with E-state index < -0.39 is 27.9 Å². The molecule has 2 N–H and O–H groups in total. The van der Waals surface area contributed by atoms with Gasteiger partial charge in [0.25, 0.3) is 5.91 Å². The van der Waals surface area contributed by atoms with Crippen LogP contribution in [0, 0.1) is 0 Å². The summed E-state index contributed by atoms with van der Waals surface area (Å²) in [6.07, 6.45) is 0. The number of esters is 1. The van der Waals surface area contributed by atoms with Gasteiger partial charge in [0, 0.05) is 11.7 Å². The Morgan fingerprint density at radius 3 is 2.15 bits per heavy atom. The number of ether oxygens (including phenoxy) is 2. The number of amides is 1. The molecule has 0 bridgehead atoms. The molecule has 3 aromatic rings. The molecule has 0 saturated carbocycles. The van der Waals surface area contributed by atoms with Crippen molar-refractivity contribution in [2.24, 2.45) is 0 Å². The number of carbonyl (C=O) groups excluding carboxylic acids is 2. The molecule has 8 nitrogen and oxygen atoms in total. The fraction of sp³-hybridized carbons (Fsp3) is 0.167. The first-order chi connectivity index (χ1) is 15.8. The number of sulfonamides is 1. The maximum absolute atomic E-state index is 12.6. The number of methoxy groups -OCH3 is 1. The Morgan fingerprint density at radius 2 is 1.55 bits per heavy atom. The minimum absolute atomic E-state index is 0.0905. The van der Waals surface area contributed by atoms with Crippen LogP contribution in [0.4, 0.5) is 5.69 Å². The summed E-state index contributed by atoms with van der Waals surface area (Å²) in [4.78, 5) is 23.6. The zero-order valence-corrected chi connectivity index (χ0v) is 19.0. The third-order valence-corrected chi connectivity index (χ3v) is 6.28. The van der Waals surface area contributed by atoms with Crippen molar-refractivity contribution in [3.63, 3.8) is 0 Å². The molecule has 0 unspecified atom stereocenters. The van der Waals surface area contributed by atoms with E-state index >= 15 is 0 Å². The van der Waals surface area contributed by atoms with Crippen LogP contribution in [0.5, 0.6) is 5.75 Å². The number of anilines is 1. The van der Waals surface area contributed by atoms with Crippen molar-refractivity contribution < 1.29 is 27.5 Å². The Labute approximate surface area is 192 Å². The number of rotatable bonds is 9. The molecule has 0 spiro atoms. The molecule has 1 amide bonds. The Balaban J connectivity index is 1.53. The van der Waals surface area contributed by atoms with Crippen molar-refractivity contribution in [2.75, 3.05) is 19.0 Å². The van der Waals surface area contributed by atoms with Gasteiger partial charge in [0.05, 0.1) is 17.6 Å². The highest BCUT2D eigenvalue weighted by atomic mass is 32.2. The molecular formula is C24H24N2O6S. The largest absolute Gasteiger partial charge is 0.484 e. The van der Waals surface area contributed by atoms with Crippen LogP contribution >= 0.6 is 0 Å². The van der Waals surface area contributed by atoms with E-state index in [9.17, 15) is 18.0 Å². The molecule has 3 rings (SSSR count). The number of carbonyl (C=O) groups is 2. The van der Waals surface area contributed by atoms with Crippen LogP contribution < -0.4 is 14.8 Å². The zero-order chi connectivity index (χ0) is 23.8. The lowest BCUT2D eigenvalue weighted by Crippen LogP contribution is -2.26. The van der Waals surface area contributed by atoms with Crippen LogP contribution in [0.15, 0.2) is 83.8 Å². The van der Waals surface area contributed by atoms with Crippen molar-refractivity contribution >= 4 is 27.6 Å². The molecule has 0 aliphatic rings. The summed E-state index contributed by atoms with van der Waals surface area (Å²) in [6, 6.07) is 20.9. The average molecular weight is 469 g/mol. The second kappa shape index (κ2) is 10.8. The van der Waals surface area contributed by atoms with Gasteiger partial charge in [-0.15, -0.1) is 0 Å². The maximum atomic E-state index is 12.6. The van der Waals surface area contributed by atoms with Crippen molar-refractivity contribution in [2.45, 2.75) is 17.9 Å². The molecule has 33 heavy (non-hydrogen) atoms. The predicted octanol–water partition coefficient (Wildman–Crippen LogP) is 3.53. The standard InChI is InChI=1S/C24H24N2O6S/c1-17(18-6-4-3-5-7-18)26-33(29,30)22-14-12-21(13-15-22)32-16-23(27)25-20-10-8-19(9-11-20)24(28)31-2/h3-15,17,26H,16H2,1-2H3,(H,25,27)/t17-/m1/s1. The summed E-state index contributed by atoms with van der Waals surface area (Å²) in [6.45, 7) is 1.50. The van der Waals surface area contributed by atoms with E-state index in [1.165, 1.54) is 43.5 Å². The molecule has 1 atom stereocenters. The fourth-order valence-electron chi connectivity index (χ4n) is 2.98. The third kappa shape index (κ3) is 6.64. The highest BCUT2D eigenvalue weighted by Crippen LogP contribution is 2.19. The summed E-state index contributed by atoms with van der Waals surface area (Å²) in [5.41, 5.74) is 1.72. The normalized spacial score (nSPS) is 11.9. The monoisotopic (exact) mass is 468 g/mol. The topological polar surface area (TPSA) is 111 Å². The van der Waals surface area contributed by atoms with Crippen molar-refractivity contribution in [3.8, 4) is 5.75 Å². The third-order valence-electron chi connectivity index (χ3n) is 4.73. The lowest BCUT2D eigenvalue weighted by atomic mass is 10.1. The van der Waals surface area contributed by atoms with Gasteiger partial charge in [0.1, 0.15) is 5.75 Å². The average Bonchev–Trinajstić information content (AvgIpc) is 2.83. The quantitative estimate of drug-likeness (QED) is 0.465. The second-order valence-electron chi connectivity index (χ2n) is 7.13. The van der Waals surface area contributed by atoms with Crippen LogP contribution in [0.3, 0.4) is 0 Å². The molecule has 0 aliphatic carbocycles. The van der Waals surface area contributed by atoms with E-state index in [-0.39, 0.29) is 11.5 Å². The van der Waals surface area contributed by atoms with Gasteiger partial charge in [-0.1, -0.05) is 30.3 Å². The van der Waals surface area contributed by atoms with Crippen LogP contribution in [0.2, 0.25) is 0 Å². The van der Waals surface area contributed by atoms with E-state index in [0.717, 1.165) is 5.56 Å². The molecule has 0 saturated heterocycles. The molecule has 0 aliphatic heterocycles. The number of hydrogen-bond donors (Lipinski definition) is 2. The SMILES string of the molecule is COC(=O)c1ccc(NC(=O)COc2ccc(S(=O)(=O)N[C@H](C)c3ccccc3)cc2)cc1. The molecule has 0 aromatic heterocycles. The summed E-state index contributed by atoms with van der Waals surface area (Å²) in [7, 11) is -2.44. The minimum atomic E-state index is -3.73. The fourth-order valence-corrected chi connectivity index (χ4v) is 4.21. The van der Waals surface area contributed by atoms with E-state index in [2.05, 4.69) is 14.8 Å². The first-order valence-corrected chi connectivity index (χ1v) is 11.5. The summed E-state index contributed by atoms with van der Waals surface area (Å²) >= 11 is 0. The summed E-state index contributed by atoms with van der Waals surface area (Å²) in [5.74, 6) is -0.525. The van der Waals surface area contributed by atoms with Crippen molar-refractivity contribution in [3.05, 3.63) is 90.0 Å². The molecule has 172 valence electrons. The van der Waals surface area contributed by atoms with Gasteiger partial charge in [-0.3, -0.25) is 4.79 Å². The highest BCUT2D eigenvalue weighted by molar-refractivity contribution is 7.89. The van der Waals surface area contributed by atoms with Crippen molar-refractivity contribution in [1.29, 1.82) is 0 Å². The Bertz CT molecular complexity index is 1190. The molecular weight excluding hydrogens is 444 g/mol. The van der Waals surface area contributed by atoms with Gasteiger partial charge in [0.2, 0.25) is 10.0 Å². The molecule has 9 heteroatoms. The Morgan fingerprint density at radius 1 is 0.909 bits per heavy atom. The molecule has 0 heterocycles. The predicted molar refractivity (Wildman–Crippen MR) is 124 cm³/mol. The van der Waals surface area contributed by atoms with E-state index in [1.54, 1.807) is 19.1 Å². The smallest absolute Gasteiger partial charge is 0.337 e. The van der Waals surface area contributed by atoms with E-state index in [4.69, 9.17) is 4.74 Å². The lowest BCUT2D eigenvalue weighted by molar-refractivity contribution is -0.118. The Hall–Kier alpha value is -3.69. The zero-order valence-electron chi connectivity index (χ0n) is 18.1. The Kier molecular flexibility index (Phi) is 7.81. The maximum Gasteiger partial charge on any atom is 0.337 e. The first-order valence-electron chi connectivity index (χ1n) is 10.1. The van der Waals surface area contributed by atoms with Gasteiger partial charge in [-0.25, -0.2) is 17.9 Å².